The van der Waals surface area contributed by atoms with E-state index < -0.39 is 5.97 Å². The van der Waals surface area contributed by atoms with Crippen molar-refractivity contribution in [1.82, 2.24) is 20.1 Å². The number of benzene rings is 1. The summed E-state index contributed by atoms with van der Waals surface area (Å²) in [5.41, 5.74) is 2.21. The quantitative estimate of drug-likeness (QED) is 0.706. The molecule has 1 aliphatic heterocycles. The first kappa shape index (κ1) is 21.9. The lowest BCUT2D eigenvalue weighted by molar-refractivity contribution is 0.0524. The first-order valence-electron chi connectivity index (χ1n) is 10.4. The molecule has 0 radical (unpaired) electrons. The molecule has 1 aliphatic rings. The number of nitrogens with one attached hydrogen (secondary N) is 1. The van der Waals surface area contributed by atoms with Gasteiger partial charge in [-0.1, -0.05) is 30.3 Å². The molecule has 3 rings (SSSR count). The number of ether oxygens (including phenoxy) is 1. The fourth-order valence-corrected chi connectivity index (χ4v) is 3.55. The van der Waals surface area contributed by atoms with Gasteiger partial charge in [0.1, 0.15) is 5.69 Å². The van der Waals surface area contributed by atoms with Gasteiger partial charge in [-0.3, -0.25) is 9.69 Å². The molecule has 7 heteroatoms. The Kier molecular flexibility index (Phi) is 7.54. The predicted molar refractivity (Wildman–Crippen MR) is 116 cm³/mol. The summed E-state index contributed by atoms with van der Waals surface area (Å²) in [6.07, 6.45) is 0. The second-order valence-electron chi connectivity index (χ2n) is 7.59. The Morgan fingerprint density at radius 2 is 1.80 bits per heavy atom. The largest absolute Gasteiger partial charge is 0.462 e. The maximum Gasteiger partial charge on any atom is 0.339 e. The van der Waals surface area contributed by atoms with E-state index in [4.69, 9.17) is 4.74 Å². The van der Waals surface area contributed by atoms with E-state index in [2.05, 4.69) is 27.1 Å². The molecule has 0 spiro atoms. The maximum absolute atomic E-state index is 13.0. The number of nitrogens with zero attached hydrogens (tertiary/aromatic N) is 3. The van der Waals surface area contributed by atoms with Crippen LogP contribution in [0.5, 0.6) is 0 Å². The number of rotatable bonds is 7. The Labute approximate surface area is 178 Å². The second kappa shape index (κ2) is 10.3. The minimum absolute atomic E-state index is 0.144. The normalized spacial score (nSPS) is 16.1. The summed E-state index contributed by atoms with van der Waals surface area (Å²) in [5, 5.41) is 3.14. The van der Waals surface area contributed by atoms with Gasteiger partial charge in [-0.2, -0.15) is 0 Å². The van der Waals surface area contributed by atoms with Crippen LogP contribution in [0.25, 0.3) is 0 Å². The van der Waals surface area contributed by atoms with Gasteiger partial charge in [0.05, 0.1) is 23.9 Å². The summed E-state index contributed by atoms with van der Waals surface area (Å²) in [6, 6.07) is 13.0. The predicted octanol–water partition coefficient (Wildman–Crippen LogP) is 2.29. The van der Waals surface area contributed by atoms with Crippen LogP contribution >= 0.6 is 0 Å². The minimum Gasteiger partial charge on any atom is -0.462 e. The molecule has 1 aromatic carbocycles. The standard InChI is InChI=1S/C23H30N4O3/c1-4-30-23(29)19-10-11-20(24-17(19)2)22(28)25-21(18-8-6-5-7-9-18)16-27-14-12-26(3)13-15-27/h5-11,21H,4,12-16H2,1-3H3,(H,25,28). The fraction of sp³-hybridized carbons (Fsp3) is 0.435. The number of amides is 1. The topological polar surface area (TPSA) is 74.8 Å². The van der Waals surface area contributed by atoms with Crippen LogP contribution < -0.4 is 5.32 Å². The molecule has 0 saturated carbocycles. The van der Waals surface area contributed by atoms with Crippen molar-refractivity contribution in [3.63, 3.8) is 0 Å². The molecule has 0 aliphatic carbocycles. The van der Waals surface area contributed by atoms with Crippen molar-refractivity contribution in [2.75, 3.05) is 46.4 Å². The molecule has 2 aromatic rings. The van der Waals surface area contributed by atoms with Crippen LogP contribution in [0.4, 0.5) is 0 Å². The van der Waals surface area contributed by atoms with E-state index in [0.717, 1.165) is 38.3 Å². The number of carbonyl (C=O) groups excluding carboxylic acids is 2. The van der Waals surface area contributed by atoms with E-state index in [-0.39, 0.29) is 11.9 Å². The van der Waals surface area contributed by atoms with Crippen LogP contribution in [0.2, 0.25) is 0 Å². The van der Waals surface area contributed by atoms with Gasteiger partial charge in [0.2, 0.25) is 0 Å². The van der Waals surface area contributed by atoms with Crippen molar-refractivity contribution in [1.29, 1.82) is 0 Å². The number of piperazine rings is 1. The van der Waals surface area contributed by atoms with Gasteiger partial charge in [-0.05, 0) is 38.6 Å². The minimum atomic E-state index is -0.424. The molecule has 1 unspecified atom stereocenters. The Morgan fingerprint density at radius 1 is 1.10 bits per heavy atom. The Bertz CT molecular complexity index is 864. The number of hydrogen-bond donors (Lipinski definition) is 1. The lowest BCUT2D eigenvalue weighted by Crippen LogP contribution is -2.47. The van der Waals surface area contributed by atoms with Crippen LogP contribution in [0.3, 0.4) is 0 Å². The molecule has 1 atom stereocenters. The van der Waals surface area contributed by atoms with Crippen molar-refractivity contribution in [2.45, 2.75) is 19.9 Å². The fourth-order valence-electron chi connectivity index (χ4n) is 3.55. The SMILES string of the molecule is CCOC(=O)c1ccc(C(=O)NC(CN2CCN(C)CC2)c2ccccc2)nc1C. The molecule has 1 amide bonds. The van der Waals surface area contributed by atoms with E-state index in [0.29, 0.717) is 23.6 Å². The highest BCUT2D eigenvalue weighted by Gasteiger charge is 2.23. The Hall–Kier alpha value is -2.77. The highest BCUT2D eigenvalue weighted by atomic mass is 16.5. The average molecular weight is 411 g/mol. The first-order valence-corrected chi connectivity index (χ1v) is 10.4. The summed E-state index contributed by atoms with van der Waals surface area (Å²) < 4.78 is 5.04. The van der Waals surface area contributed by atoms with Crippen LogP contribution in [0, 0.1) is 6.92 Å². The zero-order chi connectivity index (χ0) is 21.5. The highest BCUT2D eigenvalue weighted by Crippen LogP contribution is 2.17. The molecular formula is C23H30N4O3. The van der Waals surface area contributed by atoms with Gasteiger partial charge >= 0.3 is 5.97 Å². The number of pyridine rings is 1. The molecule has 1 fully saturated rings. The van der Waals surface area contributed by atoms with E-state index in [9.17, 15) is 9.59 Å². The summed E-state index contributed by atoms with van der Waals surface area (Å²) in [6.45, 7) is 8.49. The Morgan fingerprint density at radius 3 is 2.43 bits per heavy atom. The second-order valence-corrected chi connectivity index (χ2v) is 7.59. The lowest BCUT2D eigenvalue weighted by Gasteiger charge is -2.35. The van der Waals surface area contributed by atoms with Crippen molar-refractivity contribution in [2.24, 2.45) is 0 Å². The molecule has 1 aromatic heterocycles. The third kappa shape index (κ3) is 5.64. The number of carbonyl (C=O) groups is 2. The third-order valence-corrected chi connectivity index (χ3v) is 5.36. The number of aryl methyl sites for hydroxylation is 1. The number of esters is 1. The number of likely N-dealkylation sites (N-methyl/N-ethyl adjacent to an activating group) is 1. The van der Waals surface area contributed by atoms with Gasteiger partial charge in [-0.25, -0.2) is 9.78 Å². The average Bonchev–Trinajstić information content (AvgIpc) is 2.75. The summed E-state index contributed by atoms with van der Waals surface area (Å²) in [4.78, 5) is 34.0. The zero-order valence-corrected chi connectivity index (χ0v) is 17.9. The summed E-state index contributed by atoms with van der Waals surface area (Å²) in [5.74, 6) is -0.678. The van der Waals surface area contributed by atoms with Gasteiger partial charge in [0.15, 0.2) is 0 Å². The third-order valence-electron chi connectivity index (χ3n) is 5.36. The van der Waals surface area contributed by atoms with Crippen LogP contribution in [0.15, 0.2) is 42.5 Å². The maximum atomic E-state index is 13.0. The van der Waals surface area contributed by atoms with Crippen molar-refractivity contribution < 1.29 is 14.3 Å². The van der Waals surface area contributed by atoms with Crippen molar-refractivity contribution in [3.8, 4) is 0 Å². The molecule has 0 bridgehead atoms. The molecule has 1 saturated heterocycles. The summed E-state index contributed by atoms with van der Waals surface area (Å²) >= 11 is 0. The highest BCUT2D eigenvalue weighted by molar-refractivity contribution is 5.95. The van der Waals surface area contributed by atoms with Gasteiger partial charge in [0, 0.05) is 32.7 Å². The summed E-state index contributed by atoms with van der Waals surface area (Å²) in [7, 11) is 2.13. The van der Waals surface area contributed by atoms with Crippen LogP contribution in [-0.4, -0.2) is 73.0 Å². The van der Waals surface area contributed by atoms with Crippen LogP contribution in [-0.2, 0) is 4.74 Å². The lowest BCUT2D eigenvalue weighted by atomic mass is 10.1. The number of hydrogen-bond acceptors (Lipinski definition) is 6. The first-order chi connectivity index (χ1) is 14.5. The van der Waals surface area contributed by atoms with Gasteiger partial charge < -0.3 is 15.0 Å². The van der Waals surface area contributed by atoms with Crippen molar-refractivity contribution in [3.05, 3.63) is 65.0 Å². The molecule has 30 heavy (non-hydrogen) atoms. The molecule has 7 nitrogen and oxygen atoms in total. The number of aromatic nitrogens is 1. The van der Waals surface area contributed by atoms with E-state index >= 15 is 0 Å². The Balaban J connectivity index is 1.74. The monoisotopic (exact) mass is 410 g/mol. The smallest absolute Gasteiger partial charge is 0.339 e. The van der Waals surface area contributed by atoms with Gasteiger partial charge in [-0.15, -0.1) is 0 Å². The van der Waals surface area contributed by atoms with Crippen LogP contribution in [0.1, 0.15) is 45.1 Å². The van der Waals surface area contributed by atoms with E-state index in [1.165, 1.54) is 0 Å². The van der Waals surface area contributed by atoms with E-state index in [1.54, 1.807) is 26.0 Å². The molecule has 2 heterocycles. The van der Waals surface area contributed by atoms with E-state index in [1.807, 2.05) is 30.3 Å². The van der Waals surface area contributed by atoms with Crippen molar-refractivity contribution >= 4 is 11.9 Å². The molecule has 160 valence electrons. The zero-order valence-electron chi connectivity index (χ0n) is 17.9. The molecular weight excluding hydrogens is 380 g/mol. The van der Waals surface area contributed by atoms with Gasteiger partial charge in [0.25, 0.3) is 5.91 Å². The molecule has 1 N–H and O–H groups in total.